The molecule has 3 rings (SSSR count). The van der Waals surface area contributed by atoms with Crippen LogP contribution in [0, 0.1) is 0 Å². The lowest BCUT2D eigenvalue weighted by atomic mass is 10.1. The number of aromatic nitrogens is 1. The molecule has 0 aliphatic rings. The van der Waals surface area contributed by atoms with Gasteiger partial charge in [-0.05, 0) is 29.7 Å². The van der Waals surface area contributed by atoms with Crippen LogP contribution in [0.3, 0.4) is 0 Å². The van der Waals surface area contributed by atoms with Crippen LogP contribution >= 0.6 is 31.9 Å². The molecule has 1 aromatic heterocycles. The summed E-state index contributed by atoms with van der Waals surface area (Å²) >= 11 is 6.98. The highest BCUT2D eigenvalue weighted by atomic mass is 79.9. The molecular formula is C15H12Br2N2O. The van der Waals surface area contributed by atoms with Crippen LogP contribution in [0.1, 0.15) is 0 Å². The van der Waals surface area contributed by atoms with Gasteiger partial charge in [-0.3, -0.25) is 0 Å². The maximum absolute atomic E-state index is 9.00. The Kier molecular flexibility index (Phi) is 3.92. The van der Waals surface area contributed by atoms with E-state index in [0.29, 0.717) is 6.54 Å². The van der Waals surface area contributed by atoms with E-state index in [0.717, 1.165) is 36.4 Å². The summed E-state index contributed by atoms with van der Waals surface area (Å²) in [6.45, 7) is 0.557. The fourth-order valence-electron chi connectivity index (χ4n) is 2.26. The Bertz CT molecular complexity index is 790. The number of aliphatic hydroxyl groups excluding tert-OH is 1. The fourth-order valence-corrected chi connectivity index (χ4v) is 2.97. The summed E-state index contributed by atoms with van der Waals surface area (Å²) in [5.41, 5.74) is 0.926. The van der Waals surface area contributed by atoms with Gasteiger partial charge in [0.2, 0.25) is 0 Å². The molecule has 3 aromatic rings. The molecule has 3 nitrogen and oxygen atoms in total. The summed E-state index contributed by atoms with van der Waals surface area (Å²) in [5.74, 6) is 0.793. The Labute approximate surface area is 133 Å². The van der Waals surface area contributed by atoms with E-state index in [4.69, 9.17) is 5.11 Å². The van der Waals surface area contributed by atoms with Crippen LogP contribution in [0.25, 0.3) is 21.7 Å². The molecule has 0 spiro atoms. The number of benzene rings is 2. The minimum atomic E-state index is 0.0771. The quantitative estimate of drug-likeness (QED) is 0.649. The number of anilines is 1. The van der Waals surface area contributed by atoms with E-state index in [1.54, 1.807) is 0 Å². The molecule has 20 heavy (non-hydrogen) atoms. The zero-order valence-corrected chi connectivity index (χ0v) is 13.7. The van der Waals surface area contributed by atoms with Crippen LogP contribution in [0.15, 0.2) is 45.3 Å². The third-order valence-corrected chi connectivity index (χ3v) is 4.11. The Balaban J connectivity index is 2.35. The van der Waals surface area contributed by atoms with Crippen molar-refractivity contribution in [3.63, 3.8) is 0 Å². The van der Waals surface area contributed by atoms with Gasteiger partial charge >= 0.3 is 0 Å². The molecule has 0 unspecified atom stereocenters. The second kappa shape index (κ2) is 5.68. The van der Waals surface area contributed by atoms with Gasteiger partial charge in [0, 0.05) is 26.3 Å². The lowest BCUT2D eigenvalue weighted by Crippen LogP contribution is -2.07. The van der Waals surface area contributed by atoms with Crippen molar-refractivity contribution in [3.05, 3.63) is 45.3 Å². The average Bonchev–Trinajstić information content (AvgIpc) is 2.44. The molecule has 0 aliphatic heterocycles. The smallest absolute Gasteiger partial charge is 0.134 e. The van der Waals surface area contributed by atoms with Gasteiger partial charge in [-0.15, -0.1) is 0 Å². The first-order chi connectivity index (χ1) is 9.69. The van der Waals surface area contributed by atoms with E-state index < -0.39 is 0 Å². The Morgan fingerprint density at radius 3 is 2.40 bits per heavy atom. The highest BCUT2D eigenvalue weighted by molar-refractivity contribution is 9.10. The molecular weight excluding hydrogens is 384 g/mol. The van der Waals surface area contributed by atoms with Crippen LogP contribution in [0.5, 0.6) is 0 Å². The lowest BCUT2D eigenvalue weighted by Gasteiger charge is -2.11. The third kappa shape index (κ3) is 2.53. The molecule has 0 saturated carbocycles. The largest absolute Gasteiger partial charge is 0.395 e. The maximum Gasteiger partial charge on any atom is 0.134 e. The van der Waals surface area contributed by atoms with E-state index in [-0.39, 0.29) is 6.61 Å². The maximum atomic E-state index is 9.00. The van der Waals surface area contributed by atoms with Crippen molar-refractivity contribution in [2.24, 2.45) is 0 Å². The summed E-state index contributed by atoms with van der Waals surface area (Å²) in [6.07, 6.45) is 0. The first-order valence-corrected chi connectivity index (χ1v) is 7.81. The molecule has 2 aromatic carbocycles. The highest BCUT2D eigenvalue weighted by Crippen LogP contribution is 2.32. The van der Waals surface area contributed by atoms with Gasteiger partial charge in [0.05, 0.1) is 12.1 Å². The number of hydrogen-bond donors (Lipinski definition) is 2. The molecule has 0 amide bonds. The second-order valence-electron chi connectivity index (χ2n) is 4.46. The lowest BCUT2D eigenvalue weighted by molar-refractivity contribution is 0.311. The van der Waals surface area contributed by atoms with Crippen molar-refractivity contribution in [2.75, 3.05) is 18.5 Å². The molecule has 0 radical (unpaired) electrons. The third-order valence-electron chi connectivity index (χ3n) is 3.12. The van der Waals surface area contributed by atoms with E-state index in [1.165, 1.54) is 0 Å². The summed E-state index contributed by atoms with van der Waals surface area (Å²) in [7, 11) is 0. The fraction of sp³-hybridized carbons (Fsp3) is 0.133. The van der Waals surface area contributed by atoms with Crippen LogP contribution in [-0.4, -0.2) is 23.2 Å². The first kappa shape index (κ1) is 13.8. The second-order valence-corrected chi connectivity index (χ2v) is 6.29. The Morgan fingerprint density at radius 2 is 1.65 bits per heavy atom. The minimum absolute atomic E-state index is 0.0771. The van der Waals surface area contributed by atoms with Gasteiger partial charge in [-0.25, -0.2) is 4.98 Å². The standard InChI is InChI=1S/C15H12Br2N2O/c16-9-1-3-11-12-4-2-10(17)8-14(12)19-15(13(11)7-9)18-5-6-20/h1-4,7-8,20H,5-6H2,(H,18,19). The molecule has 0 aliphatic carbocycles. The number of fused-ring (bicyclic) bond motifs is 3. The summed E-state index contributed by atoms with van der Waals surface area (Å²) in [4.78, 5) is 4.67. The Hall–Kier alpha value is -1.17. The molecule has 0 atom stereocenters. The van der Waals surface area contributed by atoms with Gasteiger partial charge < -0.3 is 10.4 Å². The monoisotopic (exact) mass is 394 g/mol. The number of aliphatic hydroxyl groups is 1. The minimum Gasteiger partial charge on any atom is -0.395 e. The number of rotatable bonds is 3. The number of nitrogens with one attached hydrogen (secondary N) is 1. The zero-order valence-electron chi connectivity index (χ0n) is 10.5. The zero-order chi connectivity index (χ0) is 14.1. The molecule has 0 saturated heterocycles. The van der Waals surface area contributed by atoms with E-state index in [1.807, 2.05) is 24.3 Å². The van der Waals surface area contributed by atoms with Gasteiger partial charge in [-0.2, -0.15) is 0 Å². The van der Waals surface area contributed by atoms with E-state index >= 15 is 0 Å². The predicted molar refractivity (Wildman–Crippen MR) is 90.2 cm³/mol. The average molecular weight is 396 g/mol. The molecule has 2 N–H and O–H groups in total. The van der Waals surface area contributed by atoms with Gasteiger partial charge in [0.15, 0.2) is 0 Å². The highest BCUT2D eigenvalue weighted by Gasteiger charge is 2.09. The molecule has 102 valence electrons. The number of halogens is 2. The molecule has 0 fully saturated rings. The van der Waals surface area contributed by atoms with Gasteiger partial charge in [0.1, 0.15) is 5.82 Å². The van der Waals surface area contributed by atoms with Gasteiger partial charge in [-0.1, -0.05) is 44.0 Å². The predicted octanol–water partition coefficient (Wildman–Crippen LogP) is 4.32. The van der Waals surface area contributed by atoms with Crippen molar-refractivity contribution >= 4 is 59.4 Å². The van der Waals surface area contributed by atoms with Crippen LogP contribution in [0.4, 0.5) is 5.82 Å². The Morgan fingerprint density at radius 1 is 0.950 bits per heavy atom. The summed E-state index contributed by atoms with van der Waals surface area (Å²) in [6, 6.07) is 12.2. The van der Waals surface area contributed by atoms with Crippen molar-refractivity contribution in [2.45, 2.75) is 0 Å². The number of hydrogen-bond acceptors (Lipinski definition) is 3. The van der Waals surface area contributed by atoms with E-state index in [9.17, 15) is 0 Å². The van der Waals surface area contributed by atoms with Crippen LogP contribution in [-0.2, 0) is 0 Å². The first-order valence-electron chi connectivity index (χ1n) is 6.22. The topological polar surface area (TPSA) is 45.1 Å². The van der Waals surface area contributed by atoms with Crippen molar-refractivity contribution in [1.82, 2.24) is 4.98 Å². The van der Waals surface area contributed by atoms with Gasteiger partial charge in [0.25, 0.3) is 0 Å². The number of pyridine rings is 1. The van der Waals surface area contributed by atoms with Crippen LogP contribution < -0.4 is 5.32 Å². The molecule has 5 heteroatoms. The normalized spacial score (nSPS) is 11.2. The van der Waals surface area contributed by atoms with Crippen molar-refractivity contribution in [1.29, 1.82) is 0 Å². The molecule has 1 heterocycles. The summed E-state index contributed by atoms with van der Waals surface area (Å²) in [5, 5.41) is 15.5. The van der Waals surface area contributed by atoms with E-state index in [2.05, 4.69) is 54.3 Å². The van der Waals surface area contributed by atoms with Crippen molar-refractivity contribution in [3.8, 4) is 0 Å². The SMILES string of the molecule is OCCNc1nc2cc(Br)ccc2c2ccc(Br)cc12. The van der Waals surface area contributed by atoms with Crippen LogP contribution in [0.2, 0.25) is 0 Å². The van der Waals surface area contributed by atoms with Crippen molar-refractivity contribution < 1.29 is 5.11 Å². The summed E-state index contributed by atoms with van der Waals surface area (Å²) < 4.78 is 2.01. The number of nitrogens with zero attached hydrogens (tertiary/aromatic N) is 1. The molecule has 0 bridgehead atoms.